The molecule has 2 N–H and O–H groups in total. The molecule has 10 nitrogen and oxygen atoms in total. The number of carboxylic acids is 1. The maximum atomic E-state index is 12.5. The summed E-state index contributed by atoms with van der Waals surface area (Å²) in [6.45, 7) is 2.47. The number of thiophene rings is 1. The highest BCUT2D eigenvalue weighted by Crippen LogP contribution is 2.30. The van der Waals surface area contributed by atoms with Gasteiger partial charge in [-0.15, -0.1) is 11.3 Å². The summed E-state index contributed by atoms with van der Waals surface area (Å²) < 4.78 is 12.3. The average Bonchev–Trinajstić information content (AvgIpc) is 3.32. The third kappa shape index (κ3) is 6.27. The standard InChI is InChI=1S/C26H21N3O7S/c1-2-35-22-11-17(5-9-21(22)36-15-16-3-6-18(7-4-16)26(31)32)14-27-28-25(30)24-13-19-12-20(29(33)34)8-10-23(19)37-24/h3-14H,2,15H2,1H3,(H,28,30)(H,31,32)/b27-14-. The predicted molar refractivity (Wildman–Crippen MR) is 139 cm³/mol. The number of nitrogens with one attached hydrogen (secondary N) is 1. The van der Waals surface area contributed by atoms with Gasteiger partial charge in [-0.3, -0.25) is 14.9 Å². The average molecular weight is 520 g/mol. The normalized spacial score (nSPS) is 10.9. The van der Waals surface area contributed by atoms with Gasteiger partial charge in [0.1, 0.15) is 6.61 Å². The molecule has 0 saturated carbocycles. The van der Waals surface area contributed by atoms with E-state index in [1.165, 1.54) is 41.8 Å². The third-order valence-electron chi connectivity index (χ3n) is 5.18. The Labute approximate surface area is 214 Å². The van der Waals surface area contributed by atoms with Crippen molar-refractivity contribution in [2.45, 2.75) is 13.5 Å². The lowest BCUT2D eigenvalue weighted by molar-refractivity contribution is -0.384. The fourth-order valence-corrected chi connectivity index (χ4v) is 4.31. The van der Waals surface area contributed by atoms with E-state index in [0.717, 1.165) is 10.3 Å². The zero-order chi connectivity index (χ0) is 26.4. The van der Waals surface area contributed by atoms with Gasteiger partial charge in [0.05, 0.1) is 28.2 Å². The van der Waals surface area contributed by atoms with Crippen LogP contribution in [0.3, 0.4) is 0 Å². The number of carboxylic acid groups (broad SMARTS) is 1. The van der Waals surface area contributed by atoms with Crippen LogP contribution in [-0.2, 0) is 6.61 Å². The first kappa shape index (κ1) is 25.3. The Balaban J connectivity index is 1.40. The molecule has 0 fully saturated rings. The summed E-state index contributed by atoms with van der Waals surface area (Å²) in [6, 6.07) is 17.6. The van der Waals surface area contributed by atoms with Crippen molar-refractivity contribution in [3.63, 3.8) is 0 Å². The van der Waals surface area contributed by atoms with Crippen LogP contribution < -0.4 is 14.9 Å². The molecule has 37 heavy (non-hydrogen) atoms. The molecule has 11 heteroatoms. The molecule has 0 spiro atoms. The molecule has 1 amide bonds. The number of hydrogen-bond donors (Lipinski definition) is 2. The Kier molecular flexibility index (Phi) is 7.74. The molecule has 0 saturated heterocycles. The predicted octanol–water partition coefficient (Wildman–Crippen LogP) is 5.25. The Morgan fingerprint density at radius 3 is 2.54 bits per heavy atom. The van der Waals surface area contributed by atoms with Crippen LogP contribution in [0.2, 0.25) is 0 Å². The molecular weight excluding hydrogens is 498 g/mol. The zero-order valence-corrected chi connectivity index (χ0v) is 20.4. The van der Waals surface area contributed by atoms with Crippen LogP contribution in [0.15, 0.2) is 71.8 Å². The fourth-order valence-electron chi connectivity index (χ4n) is 3.37. The number of non-ortho nitro benzene ring substituents is 1. The van der Waals surface area contributed by atoms with Crippen molar-refractivity contribution in [1.82, 2.24) is 5.43 Å². The number of carbonyl (C=O) groups excluding carboxylic acids is 1. The minimum atomic E-state index is -0.991. The maximum Gasteiger partial charge on any atom is 0.335 e. The van der Waals surface area contributed by atoms with Crippen molar-refractivity contribution in [2.75, 3.05) is 6.61 Å². The van der Waals surface area contributed by atoms with E-state index < -0.39 is 16.8 Å². The summed E-state index contributed by atoms with van der Waals surface area (Å²) >= 11 is 1.21. The zero-order valence-electron chi connectivity index (χ0n) is 19.5. The minimum absolute atomic E-state index is 0.0381. The van der Waals surface area contributed by atoms with Crippen LogP contribution >= 0.6 is 11.3 Å². The van der Waals surface area contributed by atoms with Gasteiger partial charge in [-0.25, -0.2) is 10.2 Å². The van der Waals surface area contributed by atoms with Crippen LogP contribution in [0.1, 0.15) is 38.1 Å². The topological polar surface area (TPSA) is 140 Å². The van der Waals surface area contributed by atoms with Crippen LogP contribution in [0.5, 0.6) is 11.5 Å². The van der Waals surface area contributed by atoms with Crippen molar-refractivity contribution in [3.8, 4) is 11.5 Å². The number of carbonyl (C=O) groups is 2. The van der Waals surface area contributed by atoms with Gasteiger partial charge < -0.3 is 14.6 Å². The number of amides is 1. The molecule has 4 aromatic rings. The molecule has 1 heterocycles. The molecule has 1 aromatic heterocycles. The largest absolute Gasteiger partial charge is 0.490 e. The van der Waals surface area contributed by atoms with Crippen molar-refractivity contribution in [3.05, 3.63) is 98.4 Å². The Bertz CT molecular complexity index is 1500. The lowest BCUT2D eigenvalue weighted by Gasteiger charge is -2.12. The first-order valence-corrected chi connectivity index (χ1v) is 11.9. The minimum Gasteiger partial charge on any atom is -0.490 e. The number of nitrogens with zero attached hydrogens (tertiary/aromatic N) is 2. The molecular formula is C26H21N3O7S. The highest BCUT2D eigenvalue weighted by molar-refractivity contribution is 7.20. The van der Waals surface area contributed by atoms with E-state index in [0.29, 0.717) is 33.9 Å². The molecule has 0 unspecified atom stereocenters. The molecule has 188 valence electrons. The van der Waals surface area contributed by atoms with E-state index in [2.05, 4.69) is 10.5 Å². The van der Waals surface area contributed by atoms with E-state index in [1.807, 2.05) is 6.92 Å². The summed E-state index contributed by atoms with van der Waals surface area (Å²) in [7, 11) is 0. The van der Waals surface area contributed by atoms with E-state index in [1.54, 1.807) is 42.5 Å². The van der Waals surface area contributed by atoms with Gasteiger partial charge in [0, 0.05) is 22.2 Å². The van der Waals surface area contributed by atoms with Crippen LogP contribution in [0, 0.1) is 10.1 Å². The number of benzene rings is 3. The summed E-state index contributed by atoms with van der Waals surface area (Å²) in [5.41, 5.74) is 4.09. The molecule has 0 atom stereocenters. The highest BCUT2D eigenvalue weighted by Gasteiger charge is 2.13. The smallest absolute Gasteiger partial charge is 0.335 e. The number of hydrazone groups is 1. The van der Waals surface area contributed by atoms with Gasteiger partial charge in [-0.05, 0) is 60.5 Å². The molecule has 0 radical (unpaired) electrons. The van der Waals surface area contributed by atoms with E-state index in [9.17, 15) is 19.7 Å². The van der Waals surface area contributed by atoms with E-state index >= 15 is 0 Å². The molecule has 0 aliphatic carbocycles. The van der Waals surface area contributed by atoms with Crippen molar-refractivity contribution < 1.29 is 29.1 Å². The Hall–Kier alpha value is -4.77. The second-order valence-electron chi connectivity index (χ2n) is 7.72. The Morgan fingerprint density at radius 2 is 1.84 bits per heavy atom. The molecule has 3 aromatic carbocycles. The maximum absolute atomic E-state index is 12.5. The molecule has 0 aliphatic rings. The van der Waals surface area contributed by atoms with Crippen LogP contribution in [0.4, 0.5) is 5.69 Å². The lowest BCUT2D eigenvalue weighted by atomic mass is 10.1. The van der Waals surface area contributed by atoms with Crippen molar-refractivity contribution >= 4 is 45.2 Å². The van der Waals surface area contributed by atoms with Crippen molar-refractivity contribution in [2.24, 2.45) is 5.10 Å². The summed E-state index contributed by atoms with van der Waals surface area (Å²) in [6.07, 6.45) is 1.47. The number of hydrogen-bond acceptors (Lipinski definition) is 8. The lowest BCUT2D eigenvalue weighted by Crippen LogP contribution is -2.16. The summed E-state index contributed by atoms with van der Waals surface area (Å²) in [5, 5.41) is 24.6. The second-order valence-corrected chi connectivity index (χ2v) is 8.80. The fraction of sp³-hybridized carbons (Fsp3) is 0.115. The van der Waals surface area contributed by atoms with E-state index in [-0.39, 0.29) is 17.9 Å². The summed E-state index contributed by atoms with van der Waals surface area (Å²) in [5.74, 6) is -0.426. The third-order valence-corrected chi connectivity index (χ3v) is 6.29. The van der Waals surface area contributed by atoms with Crippen molar-refractivity contribution in [1.29, 1.82) is 0 Å². The second kappa shape index (κ2) is 11.3. The van der Waals surface area contributed by atoms with Gasteiger partial charge in [-0.2, -0.15) is 5.10 Å². The van der Waals surface area contributed by atoms with Gasteiger partial charge in [-0.1, -0.05) is 12.1 Å². The quantitative estimate of drug-likeness (QED) is 0.166. The van der Waals surface area contributed by atoms with Gasteiger partial charge in [0.15, 0.2) is 11.5 Å². The number of rotatable bonds is 10. The Morgan fingerprint density at radius 1 is 1.05 bits per heavy atom. The van der Waals surface area contributed by atoms with E-state index in [4.69, 9.17) is 14.6 Å². The number of aromatic carboxylic acids is 1. The first-order valence-electron chi connectivity index (χ1n) is 11.1. The highest BCUT2D eigenvalue weighted by atomic mass is 32.1. The monoisotopic (exact) mass is 519 g/mol. The van der Waals surface area contributed by atoms with Crippen LogP contribution in [0.25, 0.3) is 10.1 Å². The number of nitro groups is 1. The van der Waals surface area contributed by atoms with Gasteiger partial charge in [0.25, 0.3) is 11.6 Å². The SMILES string of the molecule is CCOc1cc(/C=N\NC(=O)c2cc3cc([N+](=O)[O-])ccc3s2)ccc1OCc1ccc(C(=O)O)cc1. The van der Waals surface area contributed by atoms with Gasteiger partial charge in [0.2, 0.25) is 0 Å². The molecule has 4 rings (SSSR count). The number of nitro benzene ring substituents is 1. The number of ether oxygens (including phenoxy) is 2. The summed E-state index contributed by atoms with van der Waals surface area (Å²) in [4.78, 5) is 34.3. The van der Waals surface area contributed by atoms with Crippen LogP contribution in [-0.4, -0.2) is 34.7 Å². The van der Waals surface area contributed by atoms with Gasteiger partial charge >= 0.3 is 5.97 Å². The number of fused-ring (bicyclic) bond motifs is 1. The molecule has 0 aliphatic heterocycles. The molecule has 0 bridgehead atoms. The first-order chi connectivity index (χ1) is 17.8.